The summed E-state index contributed by atoms with van der Waals surface area (Å²) in [6.07, 6.45) is 5.59. The van der Waals surface area contributed by atoms with Gasteiger partial charge in [-0.2, -0.15) is 0 Å². The number of esters is 1. The van der Waals surface area contributed by atoms with Crippen molar-refractivity contribution in [3.05, 3.63) is 58.6 Å². The highest BCUT2D eigenvalue weighted by molar-refractivity contribution is 9.10. The van der Waals surface area contributed by atoms with Crippen LogP contribution in [0, 0.1) is 5.92 Å². The van der Waals surface area contributed by atoms with Gasteiger partial charge in [0.2, 0.25) is 0 Å². The van der Waals surface area contributed by atoms with Gasteiger partial charge in [0.15, 0.2) is 0 Å². The maximum Gasteiger partial charge on any atom is 0.338 e. The normalized spacial score (nSPS) is 22.5. The molecule has 2 nitrogen and oxygen atoms in total. The number of carbonyl (C=O) groups excluding carboxylic acids is 1. The smallest absolute Gasteiger partial charge is 0.338 e. The molecular weight excluding hydrogens is 304 g/mol. The average molecular weight is 321 g/mol. The summed E-state index contributed by atoms with van der Waals surface area (Å²) in [5.74, 6) is 0.243. The first-order valence-corrected chi connectivity index (χ1v) is 7.17. The molecule has 0 heterocycles. The highest BCUT2D eigenvalue weighted by Crippen LogP contribution is 2.26. The van der Waals surface area contributed by atoms with Crippen molar-refractivity contribution in [3.8, 4) is 0 Å². The van der Waals surface area contributed by atoms with E-state index in [4.69, 9.17) is 4.74 Å². The van der Waals surface area contributed by atoms with Gasteiger partial charge < -0.3 is 4.74 Å². The molecule has 100 valence electrons. The minimum atomic E-state index is -0.272. The summed E-state index contributed by atoms with van der Waals surface area (Å²) in [7, 11) is 0. The van der Waals surface area contributed by atoms with E-state index in [2.05, 4.69) is 29.4 Å². The van der Waals surface area contributed by atoms with Crippen LogP contribution in [0.3, 0.4) is 0 Å². The first-order chi connectivity index (χ1) is 9.08. The van der Waals surface area contributed by atoms with Crippen LogP contribution >= 0.6 is 15.9 Å². The molecule has 2 atom stereocenters. The number of carbonyl (C=O) groups is 1. The van der Waals surface area contributed by atoms with E-state index < -0.39 is 0 Å². The van der Waals surface area contributed by atoms with Gasteiger partial charge in [-0.25, -0.2) is 4.79 Å². The molecule has 2 rings (SSSR count). The van der Waals surface area contributed by atoms with E-state index in [-0.39, 0.29) is 12.1 Å². The zero-order valence-electron chi connectivity index (χ0n) is 10.9. The SMILES string of the molecule is C=CC1=C[C@H](OC(=O)c2ccc(Br)cc2)C[C@H](C)C1. The van der Waals surface area contributed by atoms with Crippen molar-refractivity contribution in [1.29, 1.82) is 0 Å². The van der Waals surface area contributed by atoms with Crippen molar-refractivity contribution in [2.75, 3.05) is 0 Å². The molecule has 1 aromatic rings. The Bertz CT molecular complexity index is 502. The number of rotatable bonds is 3. The van der Waals surface area contributed by atoms with Crippen LogP contribution in [0.1, 0.15) is 30.1 Å². The number of hydrogen-bond acceptors (Lipinski definition) is 2. The van der Waals surface area contributed by atoms with Crippen molar-refractivity contribution in [2.45, 2.75) is 25.9 Å². The molecule has 0 spiro atoms. The Morgan fingerprint density at radius 2 is 2.11 bits per heavy atom. The van der Waals surface area contributed by atoms with Gasteiger partial charge in [-0.15, -0.1) is 0 Å². The van der Waals surface area contributed by atoms with E-state index in [1.807, 2.05) is 24.3 Å². The predicted octanol–water partition coefficient (Wildman–Crippen LogP) is 4.52. The molecule has 0 saturated carbocycles. The lowest BCUT2D eigenvalue weighted by Crippen LogP contribution is -2.22. The van der Waals surface area contributed by atoms with Crippen molar-refractivity contribution < 1.29 is 9.53 Å². The molecule has 0 unspecified atom stereocenters. The van der Waals surface area contributed by atoms with Crippen LogP contribution in [-0.4, -0.2) is 12.1 Å². The van der Waals surface area contributed by atoms with Crippen molar-refractivity contribution >= 4 is 21.9 Å². The zero-order valence-corrected chi connectivity index (χ0v) is 12.5. The van der Waals surface area contributed by atoms with E-state index in [0.717, 1.165) is 22.9 Å². The van der Waals surface area contributed by atoms with E-state index in [1.54, 1.807) is 12.1 Å². The zero-order chi connectivity index (χ0) is 13.8. The molecule has 0 aromatic heterocycles. The molecule has 0 aliphatic heterocycles. The van der Waals surface area contributed by atoms with Gasteiger partial charge in [-0.05, 0) is 54.7 Å². The van der Waals surface area contributed by atoms with Crippen LogP contribution < -0.4 is 0 Å². The number of benzene rings is 1. The Balaban J connectivity index is 2.06. The quantitative estimate of drug-likeness (QED) is 0.765. The number of halogens is 1. The average Bonchev–Trinajstić information content (AvgIpc) is 2.38. The van der Waals surface area contributed by atoms with E-state index in [9.17, 15) is 4.79 Å². The van der Waals surface area contributed by atoms with Crippen molar-refractivity contribution in [3.63, 3.8) is 0 Å². The van der Waals surface area contributed by atoms with Crippen molar-refractivity contribution in [2.24, 2.45) is 5.92 Å². The standard InChI is InChI=1S/C16H17BrO2/c1-3-12-8-11(2)9-15(10-12)19-16(18)13-4-6-14(17)7-5-13/h3-7,10-11,15H,1,8-9H2,2H3/t11-,15-/m1/s1. The highest BCUT2D eigenvalue weighted by atomic mass is 79.9. The van der Waals surface area contributed by atoms with Crippen LogP contribution in [0.25, 0.3) is 0 Å². The minimum Gasteiger partial charge on any atom is -0.455 e. The highest BCUT2D eigenvalue weighted by Gasteiger charge is 2.21. The third-order valence-corrected chi connectivity index (χ3v) is 3.75. The van der Waals surface area contributed by atoms with Gasteiger partial charge in [0.05, 0.1) is 5.56 Å². The summed E-state index contributed by atoms with van der Waals surface area (Å²) in [5, 5.41) is 0. The van der Waals surface area contributed by atoms with Gasteiger partial charge >= 0.3 is 5.97 Å². The van der Waals surface area contributed by atoms with Crippen LogP contribution in [-0.2, 0) is 4.74 Å². The fourth-order valence-corrected chi connectivity index (χ4v) is 2.55. The first-order valence-electron chi connectivity index (χ1n) is 6.38. The molecule has 0 saturated heterocycles. The summed E-state index contributed by atoms with van der Waals surface area (Å²) < 4.78 is 6.49. The number of ether oxygens (including phenoxy) is 1. The summed E-state index contributed by atoms with van der Waals surface area (Å²) in [6.45, 7) is 5.95. The lowest BCUT2D eigenvalue weighted by atomic mass is 9.88. The fraction of sp³-hybridized carbons (Fsp3) is 0.312. The van der Waals surface area contributed by atoms with Crippen LogP contribution in [0.15, 0.2) is 53.0 Å². The molecule has 0 radical (unpaired) electrons. The Labute approximate surface area is 122 Å². The maximum atomic E-state index is 12.0. The van der Waals surface area contributed by atoms with Gasteiger partial charge in [0.25, 0.3) is 0 Å². The summed E-state index contributed by atoms with van der Waals surface area (Å²) >= 11 is 3.35. The summed E-state index contributed by atoms with van der Waals surface area (Å²) in [6, 6.07) is 7.20. The largest absolute Gasteiger partial charge is 0.455 e. The Morgan fingerprint density at radius 1 is 1.42 bits per heavy atom. The van der Waals surface area contributed by atoms with E-state index in [0.29, 0.717) is 11.5 Å². The van der Waals surface area contributed by atoms with Crippen molar-refractivity contribution in [1.82, 2.24) is 0 Å². The van der Waals surface area contributed by atoms with Crippen LogP contribution in [0.5, 0.6) is 0 Å². The molecule has 0 fully saturated rings. The number of hydrogen-bond donors (Lipinski definition) is 0. The van der Waals surface area contributed by atoms with Gasteiger partial charge in [-0.3, -0.25) is 0 Å². The molecule has 0 amide bonds. The third kappa shape index (κ3) is 3.80. The first kappa shape index (κ1) is 14.1. The second kappa shape index (κ2) is 6.20. The Morgan fingerprint density at radius 3 is 2.74 bits per heavy atom. The van der Waals surface area contributed by atoms with E-state index in [1.165, 1.54) is 0 Å². The Hall–Kier alpha value is -1.35. The molecule has 1 aliphatic rings. The lowest BCUT2D eigenvalue weighted by molar-refractivity contribution is 0.0341. The van der Waals surface area contributed by atoms with Gasteiger partial charge in [0, 0.05) is 4.47 Å². The predicted molar refractivity (Wildman–Crippen MR) is 80.0 cm³/mol. The fourth-order valence-electron chi connectivity index (χ4n) is 2.28. The monoisotopic (exact) mass is 320 g/mol. The summed E-state index contributed by atoms with van der Waals surface area (Å²) in [4.78, 5) is 12.0. The van der Waals surface area contributed by atoms with E-state index >= 15 is 0 Å². The number of allylic oxidation sites excluding steroid dienone is 2. The van der Waals surface area contributed by atoms with Crippen LogP contribution in [0.4, 0.5) is 0 Å². The summed E-state index contributed by atoms with van der Waals surface area (Å²) in [5.41, 5.74) is 1.74. The van der Waals surface area contributed by atoms with Crippen LogP contribution in [0.2, 0.25) is 0 Å². The second-order valence-electron chi connectivity index (χ2n) is 4.94. The molecule has 1 aliphatic carbocycles. The lowest BCUT2D eigenvalue weighted by Gasteiger charge is -2.25. The van der Waals surface area contributed by atoms with Gasteiger partial charge in [-0.1, -0.05) is 35.5 Å². The Kier molecular flexibility index (Phi) is 4.59. The molecular formula is C16H17BrO2. The molecule has 1 aromatic carbocycles. The minimum absolute atomic E-state index is 0.145. The molecule has 0 bridgehead atoms. The third-order valence-electron chi connectivity index (χ3n) is 3.22. The van der Waals surface area contributed by atoms with Gasteiger partial charge in [0.1, 0.15) is 6.10 Å². The molecule has 0 N–H and O–H groups in total. The molecule has 19 heavy (non-hydrogen) atoms. The topological polar surface area (TPSA) is 26.3 Å². The second-order valence-corrected chi connectivity index (χ2v) is 5.86. The maximum absolute atomic E-state index is 12.0. The molecule has 3 heteroatoms.